The second kappa shape index (κ2) is 4.65. The molecule has 0 saturated carbocycles. The summed E-state index contributed by atoms with van der Waals surface area (Å²) in [4.78, 5) is 0. The Hall–Kier alpha value is 0.820. The van der Waals surface area contributed by atoms with E-state index in [-0.39, 0.29) is 0 Å². The molecule has 0 fully saturated rings. The van der Waals surface area contributed by atoms with Gasteiger partial charge >= 0.3 is 0 Å². The summed E-state index contributed by atoms with van der Waals surface area (Å²) in [6.45, 7) is 2.30. The largest absolute Gasteiger partial charge is 0.317 e. The average Bonchev–Trinajstić information content (AvgIpc) is 1.59. The molecule has 0 spiro atoms. The van der Waals surface area contributed by atoms with Gasteiger partial charge in [-0.3, -0.25) is 0 Å². The molecule has 0 N–H and O–H groups in total. The van der Waals surface area contributed by atoms with Crippen molar-refractivity contribution < 1.29 is 9.15 Å². The van der Waals surface area contributed by atoms with Crippen molar-refractivity contribution in [2.24, 2.45) is 0 Å². The molecule has 0 aliphatic carbocycles. The third-order valence-corrected chi connectivity index (χ3v) is 2.63. The lowest BCUT2D eigenvalue weighted by molar-refractivity contribution is -0.00247. The molecule has 1 unspecified atom stereocenters. The van der Waals surface area contributed by atoms with E-state index in [4.69, 9.17) is 32.2 Å². The fourth-order valence-electron chi connectivity index (χ4n) is 0.373. The van der Waals surface area contributed by atoms with Gasteiger partial charge in [0.1, 0.15) is 0 Å². The molecule has 0 bridgehead atoms. The minimum atomic E-state index is -2.52. The maximum Gasteiger partial charge on any atom is 0.298 e. The normalized spacial score (nSPS) is 17.3. The van der Waals surface area contributed by atoms with Crippen LogP contribution in [0.2, 0.25) is 0 Å². The zero-order chi connectivity index (χ0) is 8.20. The molecule has 0 heterocycles. The summed E-state index contributed by atoms with van der Waals surface area (Å²) in [6.07, 6.45) is 0. The van der Waals surface area contributed by atoms with E-state index in [1.165, 1.54) is 5.06 Å². The molecule has 0 saturated heterocycles. The van der Waals surface area contributed by atoms with Gasteiger partial charge in [-0.05, 0) is 30.0 Å². The van der Waals surface area contributed by atoms with Crippen LogP contribution in [0.25, 0.3) is 0 Å². The monoisotopic (exact) mass is 203 g/mol. The molecule has 1 atom stereocenters. The Kier molecular flexibility index (Phi) is 5.03. The highest BCUT2D eigenvalue weighted by Crippen LogP contribution is 2.54. The first-order chi connectivity index (χ1) is 4.48. The summed E-state index contributed by atoms with van der Waals surface area (Å²) < 4.78 is 9.95. The predicted octanol–water partition coefficient (Wildman–Crippen LogP) is 1.98. The molecule has 0 aromatic rings. The molecule has 0 rings (SSSR count). The molecule has 0 radical (unpaired) electrons. The lowest BCUT2D eigenvalue weighted by Gasteiger charge is -2.17. The molecule has 0 aliphatic heterocycles. The molecule has 0 aromatic carbocycles. The van der Waals surface area contributed by atoms with Gasteiger partial charge in [-0.1, -0.05) is 0 Å². The van der Waals surface area contributed by atoms with Gasteiger partial charge in [-0.25, -0.2) is 4.62 Å². The zero-order valence-corrected chi connectivity index (χ0v) is 8.67. The van der Waals surface area contributed by atoms with Crippen molar-refractivity contribution >= 4 is 28.9 Å². The van der Waals surface area contributed by atoms with Crippen LogP contribution in [0, 0.1) is 0 Å². The highest BCUT2D eigenvalue weighted by molar-refractivity contribution is 8.22. The molecule has 0 aromatic heterocycles. The van der Waals surface area contributed by atoms with Gasteiger partial charge in [-0.2, -0.15) is 5.06 Å². The van der Waals surface area contributed by atoms with Gasteiger partial charge in [0.15, 0.2) is 0 Å². The third-order valence-electron chi connectivity index (χ3n) is 0.544. The van der Waals surface area contributed by atoms with E-state index in [1.807, 2.05) is 6.92 Å². The van der Waals surface area contributed by atoms with Crippen molar-refractivity contribution in [2.75, 3.05) is 20.7 Å². The van der Waals surface area contributed by atoms with Crippen LogP contribution in [0.1, 0.15) is 6.92 Å². The quantitative estimate of drug-likeness (QED) is 0.515. The van der Waals surface area contributed by atoms with Crippen molar-refractivity contribution in [3.63, 3.8) is 0 Å². The third kappa shape index (κ3) is 5.59. The van der Waals surface area contributed by atoms with E-state index in [9.17, 15) is 0 Å². The maximum atomic E-state index is 5.67. The first kappa shape index (κ1) is 10.8. The first-order valence-corrected chi connectivity index (χ1v) is 6.33. The molecule has 0 aliphatic rings. The van der Waals surface area contributed by atoms with Crippen molar-refractivity contribution in [3.05, 3.63) is 0 Å². The molecular weight excluding hydrogens is 193 g/mol. The Balaban J connectivity index is 3.75. The summed E-state index contributed by atoms with van der Waals surface area (Å²) >= 11 is 10.5. The maximum absolute atomic E-state index is 5.67. The molecule has 3 nitrogen and oxygen atoms in total. The van der Waals surface area contributed by atoms with Gasteiger partial charge < -0.3 is 4.52 Å². The van der Waals surface area contributed by atoms with E-state index in [0.717, 1.165) is 0 Å². The molecule has 10 heavy (non-hydrogen) atoms. The minimum absolute atomic E-state index is 0.481. The standard InChI is InChI=1S/C4H11ClNO2PS/c1-4-7-9(5,10)8-6(2)3/h4H2,1-3H3. The minimum Gasteiger partial charge on any atom is -0.317 e. The van der Waals surface area contributed by atoms with Crippen LogP contribution in [0.15, 0.2) is 0 Å². The number of halogens is 1. The Morgan fingerprint density at radius 2 is 2.10 bits per heavy atom. The van der Waals surface area contributed by atoms with Gasteiger partial charge in [0.25, 0.3) is 5.84 Å². The highest BCUT2D eigenvalue weighted by atomic mass is 35.7. The van der Waals surface area contributed by atoms with Crippen LogP contribution >= 0.6 is 17.1 Å². The molecular formula is C4H11ClNO2PS. The second-order valence-electron chi connectivity index (χ2n) is 1.74. The fourth-order valence-corrected chi connectivity index (χ4v) is 2.50. The van der Waals surface area contributed by atoms with E-state index in [2.05, 4.69) is 0 Å². The Morgan fingerprint density at radius 1 is 1.60 bits per heavy atom. The number of hydroxylamine groups is 2. The lowest BCUT2D eigenvalue weighted by atomic mass is 10.9. The number of nitrogens with zero attached hydrogens (tertiary/aromatic N) is 1. The summed E-state index contributed by atoms with van der Waals surface area (Å²) in [7, 11) is 3.42. The van der Waals surface area contributed by atoms with E-state index in [0.29, 0.717) is 6.61 Å². The van der Waals surface area contributed by atoms with Crippen LogP contribution in [0.4, 0.5) is 0 Å². The van der Waals surface area contributed by atoms with Crippen molar-refractivity contribution in [3.8, 4) is 0 Å². The van der Waals surface area contributed by atoms with Crippen LogP contribution in [0.3, 0.4) is 0 Å². The highest BCUT2D eigenvalue weighted by Gasteiger charge is 2.15. The summed E-state index contributed by atoms with van der Waals surface area (Å²) in [5.41, 5.74) is 0. The molecule has 6 heteroatoms. The van der Waals surface area contributed by atoms with Gasteiger partial charge in [0, 0.05) is 14.1 Å². The van der Waals surface area contributed by atoms with Crippen LogP contribution in [-0.4, -0.2) is 25.8 Å². The second-order valence-corrected chi connectivity index (χ2v) is 6.40. The number of hydrogen-bond acceptors (Lipinski definition) is 4. The lowest BCUT2D eigenvalue weighted by Crippen LogP contribution is -2.09. The zero-order valence-electron chi connectivity index (χ0n) is 6.20. The van der Waals surface area contributed by atoms with Gasteiger partial charge in [0.2, 0.25) is 0 Å². The van der Waals surface area contributed by atoms with E-state index in [1.54, 1.807) is 14.1 Å². The first-order valence-electron chi connectivity index (χ1n) is 2.79. The van der Waals surface area contributed by atoms with Crippen molar-refractivity contribution in [1.29, 1.82) is 0 Å². The number of hydrogen-bond donors (Lipinski definition) is 0. The van der Waals surface area contributed by atoms with Crippen molar-refractivity contribution in [2.45, 2.75) is 6.92 Å². The Morgan fingerprint density at radius 3 is 2.40 bits per heavy atom. The Bertz CT molecular complexity index is 143. The predicted molar refractivity (Wildman–Crippen MR) is 46.5 cm³/mol. The van der Waals surface area contributed by atoms with Crippen molar-refractivity contribution in [1.82, 2.24) is 5.06 Å². The van der Waals surface area contributed by atoms with Crippen LogP contribution in [-0.2, 0) is 21.0 Å². The topological polar surface area (TPSA) is 21.7 Å². The number of rotatable bonds is 4. The summed E-state index contributed by atoms with van der Waals surface area (Å²) in [5.74, 6) is -2.52. The summed E-state index contributed by atoms with van der Waals surface area (Å²) in [5, 5.41) is 1.45. The smallest absolute Gasteiger partial charge is 0.298 e. The summed E-state index contributed by atoms with van der Waals surface area (Å²) in [6, 6.07) is 0. The van der Waals surface area contributed by atoms with Crippen LogP contribution in [0.5, 0.6) is 0 Å². The van der Waals surface area contributed by atoms with E-state index >= 15 is 0 Å². The van der Waals surface area contributed by atoms with Gasteiger partial charge in [0.05, 0.1) is 6.61 Å². The van der Waals surface area contributed by atoms with Gasteiger partial charge in [-0.15, -0.1) is 0 Å². The molecule has 0 amide bonds. The van der Waals surface area contributed by atoms with E-state index < -0.39 is 5.84 Å². The fraction of sp³-hybridized carbons (Fsp3) is 1.00. The average molecular weight is 204 g/mol. The molecule has 62 valence electrons. The Labute approximate surface area is 71.2 Å². The SMILES string of the molecule is CCOP(=S)(Cl)ON(C)C. The van der Waals surface area contributed by atoms with Crippen LogP contribution < -0.4 is 0 Å².